The molecule has 4 heterocycles. The maximum absolute atomic E-state index is 6.09. The van der Waals surface area contributed by atoms with E-state index < -0.39 is 0 Å². The van der Waals surface area contributed by atoms with E-state index in [1.54, 1.807) is 6.33 Å². The van der Waals surface area contributed by atoms with E-state index in [1.807, 2.05) is 43.0 Å². The third kappa shape index (κ3) is 2.06. The van der Waals surface area contributed by atoms with Crippen LogP contribution in [0.4, 0.5) is 5.82 Å². The maximum Gasteiger partial charge on any atom is 0.196 e. The van der Waals surface area contributed by atoms with Gasteiger partial charge in [0.1, 0.15) is 17.4 Å². The van der Waals surface area contributed by atoms with Crippen LogP contribution < -0.4 is 4.90 Å². The van der Waals surface area contributed by atoms with Crippen molar-refractivity contribution in [2.45, 2.75) is 25.4 Å². The summed E-state index contributed by atoms with van der Waals surface area (Å²) in [6.45, 7) is 1.90. The minimum absolute atomic E-state index is 0.394. The molecule has 0 radical (unpaired) electrons. The third-order valence-electron chi connectivity index (χ3n) is 4.77. The normalized spacial score (nSPS) is 18.0. The summed E-state index contributed by atoms with van der Waals surface area (Å²) in [6, 6.07) is 8.41. The van der Waals surface area contributed by atoms with Crippen LogP contribution in [0.25, 0.3) is 22.1 Å². The van der Waals surface area contributed by atoms with E-state index in [1.165, 1.54) is 0 Å². The average Bonchev–Trinajstić information content (AvgIpc) is 3.34. The van der Waals surface area contributed by atoms with Crippen molar-refractivity contribution >= 4 is 27.9 Å². The van der Waals surface area contributed by atoms with Gasteiger partial charge < -0.3 is 13.9 Å². The lowest BCUT2D eigenvalue weighted by molar-refractivity contribution is 0.545. The first-order valence-electron chi connectivity index (χ1n) is 8.25. The monoisotopic (exact) mass is 319 g/mol. The summed E-state index contributed by atoms with van der Waals surface area (Å²) in [5.74, 6) is 0.902. The van der Waals surface area contributed by atoms with Gasteiger partial charge in [0.15, 0.2) is 11.4 Å². The standard InChI is InChI=1S/C18H17N5O/c1-2-6-15-14(5-1)16-17(24-15)18(21-11-20-16)23-8-3-4-13(23)10-22-9-7-19-12-22/h1-2,5-7,9,11-13H,3-4,8,10H2. The SMILES string of the molecule is c1ccc2c(c1)oc1c(N3CCCC3Cn3ccnc3)ncnc12. The number of para-hydroxylation sites is 1. The molecular weight excluding hydrogens is 302 g/mol. The number of nitrogens with zero attached hydrogens (tertiary/aromatic N) is 5. The Labute approximate surface area is 138 Å². The van der Waals surface area contributed by atoms with E-state index in [-0.39, 0.29) is 0 Å². The fourth-order valence-electron chi connectivity index (χ4n) is 3.66. The third-order valence-corrected chi connectivity index (χ3v) is 4.77. The molecule has 0 N–H and O–H groups in total. The van der Waals surface area contributed by atoms with Crippen LogP contribution in [0.15, 0.2) is 53.7 Å². The van der Waals surface area contributed by atoms with Crippen molar-refractivity contribution in [2.24, 2.45) is 0 Å². The molecule has 1 atom stereocenters. The summed E-state index contributed by atoms with van der Waals surface area (Å²) < 4.78 is 8.22. The molecule has 1 aromatic carbocycles. The molecule has 1 fully saturated rings. The Hall–Kier alpha value is -2.89. The van der Waals surface area contributed by atoms with E-state index >= 15 is 0 Å². The zero-order chi connectivity index (χ0) is 15.9. The summed E-state index contributed by atoms with van der Waals surface area (Å²) in [5.41, 5.74) is 2.54. The van der Waals surface area contributed by atoms with Crippen molar-refractivity contribution < 1.29 is 4.42 Å². The second-order valence-electron chi connectivity index (χ2n) is 6.22. The van der Waals surface area contributed by atoms with E-state index in [0.29, 0.717) is 6.04 Å². The molecule has 5 rings (SSSR count). The Morgan fingerprint density at radius 3 is 3.08 bits per heavy atom. The molecular formula is C18H17N5O. The van der Waals surface area contributed by atoms with Crippen molar-refractivity contribution in [1.29, 1.82) is 0 Å². The van der Waals surface area contributed by atoms with Crippen molar-refractivity contribution in [2.75, 3.05) is 11.4 Å². The molecule has 1 unspecified atom stereocenters. The molecule has 0 saturated carbocycles. The van der Waals surface area contributed by atoms with Crippen molar-refractivity contribution in [3.8, 4) is 0 Å². The first kappa shape index (κ1) is 13.5. The first-order valence-corrected chi connectivity index (χ1v) is 8.25. The van der Waals surface area contributed by atoms with Crippen LogP contribution in [0.2, 0.25) is 0 Å². The molecule has 4 aromatic rings. The van der Waals surface area contributed by atoms with Crippen LogP contribution in [-0.4, -0.2) is 32.1 Å². The van der Waals surface area contributed by atoms with E-state index in [0.717, 1.165) is 53.8 Å². The molecule has 6 nitrogen and oxygen atoms in total. The lowest BCUT2D eigenvalue weighted by atomic mass is 10.2. The lowest BCUT2D eigenvalue weighted by Gasteiger charge is -2.25. The highest BCUT2D eigenvalue weighted by atomic mass is 16.3. The van der Waals surface area contributed by atoms with Gasteiger partial charge in [0.05, 0.1) is 6.33 Å². The van der Waals surface area contributed by atoms with Gasteiger partial charge in [0.25, 0.3) is 0 Å². The van der Waals surface area contributed by atoms with Crippen LogP contribution in [0.5, 0.6) is 0 Å². The topological polar surface area (TPSA) is 60.0 Å². The number of aromatic nitrogens is 4. The van der Waals surface area contributed by atoms with Gasteiger partial charge in [-0.05, 0) is 25.0 Å². The van der Waals surface area contributed by atoms with Gasteiger partial charge in [0.2, 0.25) is 0 Å². The number of benzene rings is 1. The Morgan fingerprint density at radius 1 is 1.21 bits per heavy atom. The van der Waals surface area contributed by atoms with Gasteiger partial charge in [-0.3, -0.25) is 0 Å². The van der Waals surface area contributed by atoms with Gasteiger partial charge in [-0.15, -0.1) is 0 Å². The second kappa shape index (κ2) is 5.33. The number of anilines is 1. The van der Waals surface area contributed by atoms with Crippen LogP contribution in [-0.2, 0) is 6.54 Å². The van der Waals surface area contributed by atoms with Gasteiger partial charge in [-0.2, -0.15) is 0 Å². The number of hydrogen-bond donors (Lipinski definition) is 0. The molecule has 1 aliphatic heterocycles. The van der Waals surface area contributed by atoms with Gasteiger partial charge >= 0.3 is 0 Å². The molecule has 0 amide bonds. The number of hydrogen-bond acceptors (Lipinski definition) is 5. The van der Waals surface area contributed by atoms with Crippen molar-refractivity contribution in [1.82, 2.24) is 19.5 Å². The Balaban J connectivity index is 1.60. The smallest absolute Gasteiger partial charge is 0.196 e. The number of rotatable bonds is 3. The summed E-state index contributed by atoms with van der Waals surface area (Å²) in [7, 11) is 0. The molecule has 0 spiro atoms. The fourth-order valence-corrected chi connectivity index (χ4v) is 3.66. The molecule has 120 valence electrons. The number of imidazole rings is 1. The molecule has 1 aliphatic rings. The van der Waals surface area contributed by atoms with Crippen LogP contribution in [0.3, 0.4) is 0 Å². The Kier molecular flexibility index (Phi) is 3.01. The summed E-state index contributed by atoms with van der Waals surface area (Å²) in [4.78, 5) is 15.5. The average molecular weight is 319 g/mol. The van der Waals surface area contributed by atoms with Crippen molar-refractivity contribution in [3.05, 3.63) is 49.3 Å². The number of furan rings is 1. The second-order valence-corrected chi connectivity index (χ2v) is 6.22. The summed E-state index contributed by atoms with van der Waals surface area (Å²) >= 11 is 0. The van der Waals surface area contributed by atoms with Crippen LogP contribution in [0.1, 0.15) is 12.8 Å². The lowest BCUT2D eigenvalue weighted by Crippen LogP contribution is -2.33. The highest BCUT2D eigenvalue weighted by Crippen LogP contribution is 2.35. The highest BCUT2D eigenvalue weighted by molar-refractivity contribution is 6.05. The molecule has 1 saturated heterocycles. The zero-order valence-corrected chi connectivity index (χ0v) is 13.2. The van der Waals surface area contributed by atoms with Crippen LogP contribution in [0, 0.1) is 0 Å². The maximum atomic E-state index is 6.09. The zero-order valence-electron chi connectivity index (χ0n) is 13.2. The predicted octanol–water partition coefficient (Wildman–Crippen LogP) is 3.24. The first-order chi connectivity index (χ1) is 11.9. The molecule has 24 heavy (non-hydrogen) atoms. The molecule has 3 aromatic heterocycles. The van der Waals surface area contributed by atoms with E-state index in [9.17, 15) is 0 Å². The molecule has 0 bridgehead atoms. The van der Waals surface area contributed by atoms with Gasteiger partial charge in [0, 0.05) is 36.9 Å². The fraction of sp³-hybridized carbons (Fsp3) is 0.278. The highest BCUT2D eigenvalue weighted by Gasteiger charge is 2.29. The van der Waals surface area contributed by atoms with E-state index in [4.69, 9.17) is 4.42 Å². The Bertz CT molecular complexity index is 991. The van der Waals surface area contributed by atoms with Crippen LogP contribution >= 0.6 is 0 Å². The quantitative estimate of drug-likeness (QED) is 0.580. The van der Waals surface area contributed by atoms with Crippen molar-refractivity contribution in [3.63, 3.8) is 0 Å². The minimum atomic E-state index is 0.394. The largest absolute Gasteiger partial charge is 0.450 e. The van der Waals surface area contributed by atoms with Gasteiger partial charge in [-0.1, -0.05) is 12.1 Å². The minimum Gasteiger partial charge on any atom is -0.450 e. The van der Waals surface area contributed by atoms with E-state index in [2.05, 4.69) is 24.4 Å². The Morgan fingerprint density at radius 2 is 2.17 bits per heavy atom. The summed E-state index contributed by atoms with van der Waals surface area (Å²) in [6.07, 6.45) is 9.64. The van der Waals surface area contributed by atoms with Gasteiger partial charge in [-0.25, -0.2) is 15.0 Å². The molecule has 6 heteroatoms. The predicted molar refractivity (Wildman–Crippen MR) is 91.9 cm³/mol. The summed E-state index contributed by atoms with van der Waals surface area (Å²) in [5, 5.41) is 1.04. The number of fused-ring (bicyclic) bond motifs is 3. The molecule has 0 aliphatic carbocycles.